The minimum atomic E-state index is -3.51. The number of aromatic nitrogens is 2. The number of nitrogens with zero attached hydrogens (tertiary/aromatic N) is 3. The summed E-state index contributed by atoms with van der Waals surface area (Å²) in [5.41, 5.74) is 6.88. The molecule has 8 heteroatoms. The summed E-state index contributed by atoms with van der Waals surface area (Å²) in [6.45, 7) is 1.92. The molecule has 1 aromatic heterocycles. The second kappa shape index (κ2) is 12.0. The number of rotatable bonds is 11. The lowest BCUT2D eigenvalue weighted by molar-refractivity contribution is 0.396. The molecule has 0 radical (unpaired) electrons. The van der Waals surface area contributed by atoms with Gasteiger partial charge >= 0.3 is 0 Å². The summed E-state index contributed by atoms with van der Waals surface area (Å²) >= 11 is 0. The van der Waals surface area contributed by atoms with E-state index >= 15 is 0 Å². The quantitative estimate of drug-likeness (QED) is 0.243. The number of hydrogen-bond donors (Lipinski definition) is 2. The van der Waals surface area contributed by atoms with Gasteiger partial charge in [0.2, 0.25) is 16.0 Å². The summed E-state index contributed by atoms with van der Waals surface area (Å²) in [6, 6.07) is 25.3. The Morgan fingerprint density at radius 1 is 0.923 bits per heavy atom. The Morgan fingerprint density at radius 2 is 1.67 bits per heavy atom. The van der Waals surface area contributed by atoms with Crippen LogP contribution in [0.1, 0.15) is 41.0 Å². The SMILES string of the molecule is CN(C)CCCCNc1ncc2c(n1)-c1ccccc1C(c1ccc(NS(=O)(=O)Cc3ccccc3)cc1)C2. The van der Waals surface area contributed by atoms with E-state index in [-0.39, 0.29) is 11.7 Å². The van der Waals surface area contributed by atoms with Crippen LogP contribution in [0.15, 0.2) is 85.1 Å². The van der Waals surface area contributed by atoms with Crippen LogP contribution in [0.2, 0.25) is 0 Å². The smallest absolute Gasteiger partial charge is 0.236 e. The van der Waals surface area contributed by atoms with Crippen molar-refractivity contribution in [1.82, 2.24) is 14.9 Å². The van der Waals surface area contributed by atoms with Gasteiger partial charge in [-0.3, -0.25) is 4.72 Å². The van der Waals surface area contributed by atoms with E-state index in [0.717, 1.165) is 60.3 Å². The Labute approximate surface area is 231 Å². The molecule has 3 aromatic carbocycles. The van der Waals surface area contributed by atoms with Crippen molar-refractivity contribution in [2.75, 3.05) is 37.2 Å². The number of benzene rings is 3. The highest BCUT2D eigenvalue weighted by molar-refractivity contribution is 7.91. The second-order valence-corrected chi connectivity index (χ2v) is 12.0. The molecule has 1 aliphatic rings. The molecule has 0 fully saturated rings. The maximum atomic E-state index is 12.7. The van der Waals surface area contributed by atoms with Crippen molar-refractivity contribution in [3.05, 3.63) is 107 Å². The lowest BCUT2D eigenvalue weighted by Gasteiger charge is -2.27. The molecule has 202 valence electrons. The highest BCUT2D eigenvalue weighted by Crippen LogP contribution is 2.42. The first-order valence-corrected chi connectivity index (χ1v) is 15.0. The number of anilines is 2. The normalized spacial score (nSPS) is 14.5. The van der Waals surface area contributed by atoms with Gasteiger partial charge in [-0.2, -0.15) is 0 Å². The van der Waals surface area contributed by atoms with Gasteiger partial charge in [0.15, 0.2) is 0 Å². The Hall–Kier alpha value is -3.75. The monoisotopic (exact) mass is 541 g/mol. The van der Waals surface area contributed by atoms with E-state index in [2.05, 4.69) is 52.2 Å². The van der Waals surface area contributed by atoms with Gasteiger partial charge in [-0.15, -0.1) is 0 Å². The summed E-state index contributed by atoms with van der Waals surface area (Å²) in [5, 5.41) is 3.39. The molecular weight excluding hydrogens is 506 g/mol. The first-order chi connectivity index (χ1) is 18.9. The number of sulfonamides is 1. The van der Waals surface area contributed by atoms with Gasteiger partial charge < -0.3 is 10.2 Å². The maximum absolute atomic E-state index is 12.7. The van der Waals surface area contributed by atoms with Gasteiger partial charge in [0.05, 0.1) is 11.4 Å². The largest absolute Gasteiger partial charge is 0.354 e. The second-order valence-electron chi connectivity index (χ2n) is 10.3. The molecule has 5 rings (SSSR count). The van der Waals surface area contributed by atoms with Crippen molar-refractivity contribution in [3.8, 4) is 11.3 Å². The van der Waals surface area contributed by atoms with Crippen LogP contribution in [0.4, 0.5) is 11.6 Å². The summed E-state index contributed by atoms with van der Waals surface area (Å²) in [5.74, 6) is 0.742. The Kier molecular flexibility index (Phi) is 8.24. The van der Waals surface area contributed by atoms with Gasteiger partial charge in [0.25, 0.3) is 0 Å². The number of fused-ring (bicyclic) bond motifs is 3. The van der Waals surface area contributed by atoms with Crippen molar-refractivity contribution in [3.63, 3.8) is 0 Å². The predicted molar refractivity (Wildman–Crippen MR) is 158 cm³/mol. The summed E-state index contributed by atoms with van der Waals surface area (Å²) in [7, 11) is 0.675. The first kappa shape index (κ1) is 26.8. The van der Waals surface area contributed by atoms with Crippen LogP contribution in [0.25, 0.3) is 11.3 Å². The molecule has 0 saturated heterocycles. The molecule has 0 amide bonds. The van der Waals surface area contributed by atoms with Gasteiger partial charge in [-0.05, 0) is 74.3 Å². The summed E-state index contributed by atoms with van der Waals surface area (Å²) in [6.07, 6.45) is 4.92. The number of nitrogens with one attached hydrogen (secondary N) is 2. The van der Waals surface area contributed by atoms with E-state index in [1.165, 1.54) is 5.56 Å². The van der Waals surface area contributed by atoms with Crippen LogP contribution in [0.3, 0.4) is 0 Å². The van der Waals surface area contributed by atoms with E-state index in [0.29, 0.717) is 11.6 Å². The number of unbranched alkanes of at least 4 members (excludes halogenated alkanes) is 1. The van der Waals surface area contributed by atoms with Crippen LogP contribution in [-0.4, -0.2) is 50.5 Å². The van der Waals surface area contributed by atoms with E-state index in [1.54, 1.807) is 0 Å². The molecular formula is C31H35N5O2S. The van der Waals surface area contributed by atoms with Crippen molar-refractivity contribution in [1.29, 1.82) is 0 Å². The van der Waals surface area contributed by atoms with Crippen LogP contribution in [0.5, 0.6) is 0 Å². The zero-order valence-corrected chi connectivity index (χ0v) is 23.3. The fourth-order valence-electron chi connectivity index (χ4n) is 5.06. The van der Waals surface area contributed by atoms with Crippen LogP contribution in [-0.2, 0) is 22.2 Å². The average molecular weight is 542 g/mol. The molecule has 1 aliphatic carbocycles. The molecule has 39 heavy (non-hydrogen) atoms. The zero-order valence-electron chi connectivity index (χ0n) is 22.5. The third kappa shape index (κ3) is 6.82. The Balaban J connectivity index is 1.30. The van der Waals surface area contributed by atoms with Crippen molar-refractivity contribution in [2.24, 2.45) is 0 Å². The van der Waals surface area contributed by atoms with Gasteiger partial charge in [0, 0.05) is 29.9 Å². The lowest BCUT2D eigenvalue weighted by atomic mass is 9.78. The Morgan fingerprint density at radius 3 is 2.44 bits per heavy atom. The van der Waals surface area contributed by atoms with Crippen LogP contribution >= 0.6 is 0 Å². The van der Waals surface area contributed by atoms with Crippen molar-refractivity contribution >= 4 is 21.7 Å². The molecule has 2 N–H and O–H groups in total. The first-order valence-electron chi connectivity index (χ1n) is 13.4. The molecule has 0 saturated carbocycles. The minimum absolute atomic E-state index is 0.0602. The molecule has 0 aliphatic heterocycles. The molecule has 0 bridgehead atoms. The summed E-state index contributed by atoms with van der Waals surface area (Å²) < 4.78 is 28.1. The lowest BCUT2D eigenvalue weighted by Crippen LogP contribution is -2.17. The predicted octanol–water partition coefficient (Wildman–Crippen LogP) is 5.53. The molecule has 1 heterocycles. The highest BCUT2D eigenvalue weighted by atomic mass is 32.2. The standard InChI is InChI=1S/C31H35N5O2S/c1-36(2)19-9-8-18-32-31-33-21-25-20-29(27-12-6-7-13-28(27)30(25)34-31)24-14-16-26(17-15-24)35-39(37,38)22-23-10-4-3-5-11-23/h3-7,10-17,21,29,35H,8-9,18-20,22H2,1-2H3,(H,32,33,34). The van der Waals surface area contributed by atoms with Crippen molar-refractivity contribution in [2.45, 2.75) is 30.9 Å². The fraction of sp³-hybridized carbons (Fsp3) is 0.290. The van der Waals surface area contributed by atoms with E-state index in [4.69, 9.17) is 4.98 Å². The molecule has 1 atom stereocenters. The topological polar surface area (TPSA) is 87.2 Å². The van der Waals surface area contributed by atoms with E-state index < -0.39 is 10.0 Å². The van der Waals surface area contributed by atoms with Gasteiger partial charge in [-0.1, -0.05) is 66.7 Å². The third-order valence-electron chi connectivity index (χ3n) is 6.98. The zero-order chi connectivity index (χ0) is 27.2. The van der Waals surface area contributed by atoms with Crippen LogP contribution in [0, 0.1) is 0 Å². The average Bonchev–Trinajstić information content (AvgIpc) is 2.93. The Bertz CT molecular complexity index is 1510. The van der Waals surface area contributed by atoms with E-state index in [9.17, 15) is 8.42 Å². The summed E-state index contributed by atoms with van der Waals surface area (Å²) in [4.78, 5) is 11.7. The molecule has 1 unspecified atom stereocenters. The number of hydrogen-bond acceptors (Lipinski definition) is 6. The fourth-order valence-corrected chi connectivity index (χ4v) is 6.26. The molecule has 7 nitrogen and oxygen atoms in total. The molecule has 4 aromatic rings. The maximum Gasteiger partial charge on any atom is 0.236 e. The minimum Gasteiger partial charge on any atom is -0.354 e. The molecule has 0 spiro atoms. The highest BCUT2D eigenvalue weighted by Gasteiger charge is 2.27. The van der Waals surface area contributed by atoms with Crippen LogP contribution < -0.4 is 10.0 Å². The van der Waals surface area contributed by atoms with E-state index in [1.807, 2.05) is 66.9 Å². The van der Waals surface area contributed by atoms with Crippen molar-refractivity contribution < 1.29 is 8.42 Å². The third-order valence-corrected chi connectivity index (χ3v) is 8.24. The van der Waals surface area contributed by atoms with Gasteiger partial charge in [-0.25, -0.2) is 18.4 Å². The van der Waals surface area contributed by atoms with Gasteiger partial charge in [0.1, 0.15) is 0 Å².